The van der Waals surface area contributed by atoms with Crippen LogP contribution in [0.3, 0.4) is 0 Å². The molecule has 0 saturated carbocycles. The van der Waals surface area contributed by atoms with Gasteiger partial charge in [0.1, 0.15) is 11.6 Å². The summed E-state index contributed by atoms with van der Waals surface area (Å²) in [5, 5.41) is 8.43. The molecule has 1 heterocycles. The molecule has 0 aliphatic heterocycles. The fourth-order valence-corrected chi connectivity index (χ4v) is 1.84. The van der Waals surface area contributed by atoms with Gasteiger partial charge < -0.3 is 10.3 Å². The van der Waals surface area contributed by atoms with Crippen LogP contribution in [0, 0.1) is 5.92 Å². The van der Waals surface area contributed by atoms with Crippen LogP contribution in [0.2, 0.25) is 0 Å². The molecule has 16 heavy (non-hydrogen) atoms. The zero-order chi connectivity index (χ0) is 12.3. The first-order valence-corrected chi connectivity index (χ1v) is 6.00. The first-order valence-electron chi connectivity index (χ1n) is 6.00. The first-order chi connectivity index (χ1) is 7.36. The maximum absolute atomic E-state index is 5.69. The van der Waals surface area contributed by atoms with Gasteiger partial charge in [-0.15, -0.1) is 10.2 Å². The van der Waals surface area contributed by atoms with E-state index >= 15 is 0 Å². The van der Waals surface area contributed by atoms with E-state index < -0.39 is 0 Å². The Kier molecular flexibility index (Phi) is 4.08. The smallest absolute Gasteiger partial charge is 0.147 e. The standard InChI is InChI=1S/C12H24N4/c1-9(2)6-7-10-14-15-11(8-13)16(10)12(3,4)5/h9H,6-8,13H2,1-5H3. The molecule has 0 amide bonds. The predicted molar refractivity (Wildman–Crippen MR) is 66.1 cm³/mol. The summed E-state index contributed by atoms with van der Waals surface area (Å²) in [6.45, 7) is 11.4. The Balaban J connectivity index is 2.96. The minimum atomic E-state index is 0.00448. The highest BCUT2D eigenvalue weighted by molar-refractivity contribution is 5.01. The van der Waals surface area contributed by atoms with Crippen LogP contribution >= 0.6 is 0 Å². The van der Waals surface area contributed by atoms with Crippen LogP contribution in [0.4, 0.5) is 0 Å². The Morgan fingerprint density at radius 1 is 1.19 bits per heavy atom. The van der Waals surface area contributed by atoms with Crippen LogP contribution in [0.1, 0.15) is 52.7 Å². The van der Waals surface area contributed by atoms with Gasteiger partial charge in [0.2, 0.25) is 0 Å². The lowest BCUT2D eigenvalue weighted by molar-refractivity contribution is 0.365. The molecular formula is C12H24N4. The molecule has 0 aliphatic carbocycles. The van der Waals surface area contributed by atoms with Crippen molar-refractivity contribution in [2.24, 2.45) is 11.7 Å². The maximum Gasteiger partial charge on any atom is 0.147 e. The molecule has 92 valence electrons. The molecule has 2 N–H and O–H groups in total. The minimum absolute atomic E-state index is 0.00448. The van der Waals surface area contributed by atoms with Crippen molar-refractivity contribution in [3.63, 3.8) is 0 Å². The van der Waals surface area contributed by atoms with Crippen molar-refractivity contribution in [3.05, 3.63) is 11.6 Å². The van der Waals surface area contributed by atoms with Crippen LogP contribution < -0.4 is 5.73 Å². The van der Waals surface area contributed by atoms with Crippen LogP contribution in [-0.4, -0.2) is 14.8 Å². The van der Waals surface area contributed by atoms with E-state index in [1.54, 1.807) is 0 Å². The predicted octanol–water partition coefficient (Wildman–Crippen LogP) is 2.08. The number of hydrogen-bond donors (Lipinski definition) is 1. The molecule has 0 fully saturated rings. The maximum atomic E-state index is 5.69. The van der Waals surface area contributed by atoms with Gasteiger partial charge in [0.25, 0.3) is 0 Å². The highest BCUT2D eigenvalue weighted by Crippen LogP contribution is 2.20. The van der Waals surface area contributed by atoms with Crippen molar-refractivity contribution in [2.75, 3.05) is 0 Å². The lowest BCUT2D eigenvalue weighted by Gasteiger charge is -2.25. The van der Waals surface area contributed by atoms with E-state index in [0.717, 1.165) is 24.5 Å². The van der Waals surface area contributed by atoms with Gasteiger partial charge in [-0.25, -0.2) is 0 Å². The molecule has 0 aromatic carbocycles. The highest BCUT2D eigenvalue weighted by atomic mass is 15.3. The molecule has 1 rings (SSSR count). The van der Waals surface area contributed by atoms with Crippen LogP contribution in [0.5, 0.6) is 0 Å². The summed E-state index contributed by atoms with van der Waals surface area (Å²) in [5.74, 6) is 2.62. The van der Waals surface area contributed by atoms with Crippen LogP contribution in [0.25, 0.3) is 0 Å². The van der Waals surface area contributed by atoms with Crippen molar-refractivity contribution in [3.8, 4) is 0 Å². The lowest BCUT2D eigenvalue weighted by atomic mass is 10.1. The fourth-order valence-electron chi connectivity index (χ4n) is 1.84. The van der Waals surface area contributed by atoms with Crippen LogP contribution in [0.15, 0.2) is 0 Å². The quantitative estimate of drug-likeness (QED) is 0.852. The molecule has 0 radical (unpaired) electrons. The van der Waals surface area contributed by atoms with Gasteiger partial charge in [-0.2, -0.15) is 0 Å². The number of hydrogen-bond acceptors (Lipinski definition) is 3. The average Bonchev–Trinajstić information content (AvgIpc) is 2.56. The van der Waals surface area contributed by atoms with E-state index in [2.05, 4.69) is 49.4 Å². The Labute approximate surface area is 98.2 Å². The summed E-state index contributed by atoms with van der Waals surface area (Å²) in [7, 11) is 0. The summed E-state index contributed by atoms with van der Waals surface area (Å²) >= 11 is 0. The summed E-state index contributed by atoms with van der Waals surface area (Å²) in [4.78, 5) is 0. The minimum Gasteiger partial charge on any atom is -0.324 e. The second kappa shape index (κ2) is 4.95. The van der Waals surface area contributed by atoms with Gasteiger partial charge in [0.15, 0.2) is 0 Å². The highest BCUT2D eigenvalue weighted by Gasteiger charge is 2.21. The Hall–Kier alpha value is -0.900. The third-order valence-electron chi connectivity index (χ3n) is 2.60. The molecule has 1 aromatic rings. The van der Waals surface area contributed by atoms with Crippen molar-refractivity contribution < 1.29 is 0 Å². The van der Waals surface area contributed by atoms with Crippen molar-refractivity contribution in [1.82, 2.24) is 14.8 Å². The molecule has 1 aromatic heterocycles. The van der Waals surface area contributed by atoms with Gasteiger partial charge in [-0.1, -0.05) is 13.8 Å². The Morgan fingerprint density at radius 3 is 2.19 bits per heavy atom. The molecule has 0 aliphatic rings. The number of aromatic nitrogens is 3. The molecule has 0 atom stereocenters. The molecular weight excluding hydrogens is 200 g/mol. The van der Waals surface area contributed by atoms with Crippen molar-refractivity contribution >= 4 is 0 Å². The van der Waals surface area contributed by atoms with Crippen molar-refractivity contribution in [1.29, 1.82) is 0 Å². The summed E-state index contributed by atoms with van der Waals surface area (Å²) in [6, 6.07) is 0. The van der Waals surface area contributed by atoms with E-state index in [9.17, 15) is 0 Å². The normalized spacial score (nSPS) is 12.4. The molecule has 0 unspecified atom stereocenters. The van der Waals surface area contributed by atoms with E-state index in [1.807, 2.05) is 0 Å². The molecule has 0 bridgehead atoms. The van der Waals surface area contributed by atoms with Gasteiger partial charge in [0, 0.05) is 12.0 Å². The number of nitrogens with two attached hydrogens (primary N) is 1. The number of rotatable bonds is 4. The monoisotopic (exact) mass is 224 g/mol. The van der Waals surface area contributed by atoms with Crippen LogP contribution in [-0.2, 0) is 18.5 Å². The van der Waals surface area contributed by atoms with Gasteiger partial charge >= 0.3 is 0 Å². The fraction of sp³-hybridized carbons (Fsp3) is 0.833. The molecule has 4 heteroatoms. The Bertz CT molecular complexity index is 333. The second-order valence-electron chi connectivity index (χ2n) is 5.68. The Morgan fingerprint density at radius 2 is 1.75 bits per heavy atom. The van der Waals surface area contributed by atoms with E-state index in [0.29, 0.717) is 12.5 Å². The average molecular weight is 224 g/mol. The number of aryl methyl sites for hydroxylation is 1. The largest absolute Gasteiger partial charge is 0.324 e. The molecule has 4 nitrogen and oxygen atoms in total. The lowest BCUT2D eigenvalue weighted by Crippen LogP contribution is -2.27. The van der Waals surface area contributed by atoms with E-state index in [1.165, 1.54) is 0 Å². The van der Waals surface area contributed by atoms with Gasteiger partial charge in [-0.3, -0.25) is 0 Å². The number of nitrogens with zero attached hydrogens (tertiary/aromatic N) is 3. The molecule has 0 spiro atoms. The summed E-state index contributed by atoms with van der Waals surface area (Å²) < 4.78 is 2.18. The summed E-state index contributed by atoms with van der Waals surface area (Å²) in [5.41, 5.74) is 5.70. The third-order valence-corrected chi connectivity index (χ3v) is 2.60. The van der Waals surface area contributed by atoms with Crippen molar-refractivity contribution in [2.45, 2.75) is 59.5 Å². The van der Waals surface area contributed by atoms with Gasteiger partial charge in [-0.05, 0) is 33.1 Å². The zero-order valence-electron chi connectivity index (χ0n) is 11.1. The third kappa shape index (κ3) is 3.04. The van der Waals surface area contributed by atoms with E-state index in [-0.39, 0.29) is 5.54 Å². The SMILES string of the molecule is CC(C)CCc1nnc(CN)n1C(C)(C)C. The second-order valence-corrected chi connectivity index (χ2v) is 5.68. The van der Waals surface area contributed by atoms with E-state index in [4.69, 9.17) is 5.73 Å². The zero-order valence-corrected chi connectivity index (χ0v) is 11.1. The molecule has 0 saturated heterocycles. The first kappa shape index (κ1) is 13.2. The van der Waals surface area contributed by atoms with Gasteiger partial charge in [0.05, 0.1) is 6.54 Å². The topological polar surface area (TPSA) is 56.7 Å². The summed E-state index contributed by atoms with van der Waals surface area (Å²) in [6.07, 6.45) is 2.11.